The van der Waals surface area contributed by atoms with Crippen LogP contribution in [0.3, 0.4) is 0 Å². The van der Waals surface area contributed by atoms with E-state index in [2.05, 4.69) is 21.8 Å². The van der Waals surface area contributed by atoms with E-state index in [0.29, 0.717) is 42.1 Å². The van der Waals surface area contributed by atoms with Gasteiger partial charge < -0.3 is 15.2 Å². The lowest BCUT2D eigenvalue weighted by Gasteiger charge is -2.34. The maximum absolute atomic E-state index is 15.6. The lowest BCUT2D eigenvalue weighted by molar-refractivity contribution is -0.129. The molecular weight excluding hydrogens is 471 g/mol. The number of benzene rings is 2. The smallest absolute Gasteiger partial charge is 0.266 e. The first kappa shape index (κ1) is 23.0. The zero-order valence-corrected chi connectivity index (χ0v) is 20.3. The van der Waals surface area contributed by atoms with Gasteiger partial charge in [-0.1, -0.05) is 18.1 Å². The van der Waals surface area contributed by atoms with Crippen LogP contribution < -0.4 is 10.5 Å². The van der Waals surface area contributed by atoms with Gasteiger partial charge in [-0.05, 0) is 60.4 Å². The van der Waals surface area contributed by atoms with Gasteiger partial charge in [0, 0.05) is 41.7 Å². The quantitative estimate of drug-likeness (QED) is 0.540. The minimum Gasteiger partial charge on any atom is -0.453 e. The monoisotopic (exact) mass is 494 g/mol. The molecule has 2 N–H and O–H groups in total. The summed E-state index contributed by atoms with van der Waals surface area (Å²) >= 11 is 0. The van der Waals surface area contributed by atoms with E-state index in [0.717, 1.165) is 22.3 Å². The van der Waals surface area contributed by atoms with Gasteiger partial charge in [0.2, 0.25) is 5.54 Å². The highest BCUT2D eigenvalue weighted by atomic mass is 19.1. The minimum absolute atomic E-state index is 0.0289. The molecule has 1 aromatic heterocycles. The van der Waals surface area contributed by atoms with Crippen LogP contribution >= 0.6 is 0 Å². The normalized spacial score (nSPS) is 19.9. The fourth-order valence-electron chi connectivity index (χ4n) is 5.08. The number of halogens is 1. The van der Waals surface area contributed by atoms with Gasteiger partial charge in [0.25, 0.3) is 5.91 Å². The molecule has 3 aliphatic rings. The molecule has 3 aromatic rings. The molecule has 1 atom stereocenters. The lowest BCUT2D eigenvalue weighted by Crippen LogP contribution is -2.42. The standard InChI is InChI=1S/C29H23FN4O3/c1-3-4-17-11-21(16-32-15-17)19-5-6-25-22(12-19)29(27(35)34(2)28(31)33-29)23-13-20(14-24(30)26(23)37-25)18-7-9-36-10-8-18/h5-7,11-16H,8-10H2,1-2H3,(H2,31,33)/t29-/m1/s1. The third-order valence-corrected chi connectivity index (χ3v) is 6.93. The van der Waals surface area contributed by atoms with Gasteiger partial charge in [0.1, 0.15) is 5.75 Å². The van der Waals surface area contributed by atoms with Crippen molar-refractivity contribution in [2.45, 2.75) is 18.9 Å². The number of nitrogens with zero attached hydrogens (tertiary/aromatic N) is 3. The van der Waals surface area contributed by atoms with Crippen LogP contribution in [-0.2, 0) is 15.1 Å². The number of nitrogens with two attached hydrogens (primary N) is 1. The van der Waals surface area contributed by atoms with Crippen molar-refractivity contribution in [3.05, 3.63) is 82.9 Å². The van der Waals surface area contributed by atoms with Crippen molar-refractivity contribution < 1.29 is 18.7 Å². The number of hydrogen-bond acceptors (Lipinski definition) is 6. The predicted molar refractivity (Wildman–Crippen MR) is 137 cm³/mol. The molecule has 0 fully saturated rings. The van der Waals surface area contributed by atoms with E-state index in [1.807, 2.05) is 24.3 Å². The van der Waals surface area contributed by atoms with Gasteiger partial charge in [-0.25, -0.2) is 9.38 Å². The summed E-state index contributed by atoms with van der Waals surface area (Å²) in [7, 11) is 1.56. The number of aliphatic imine (C=N–C) groups is 1. The Bertz CT molecular complexity index is 1600. The number of pyridine rings is 1. The number of rotatable bonds is 2. The zero-order valence-electron chi connectivity index (χ0n) is 20.3. The van der Waals surface area contributed by atoms with E-state index >= 15 is 4.39 Å². The van der Waals surface area contributed by atoms with Crippen LogP contribution in [0.1, 0.15) is 35.6 Å². The average molecular weight is 495 g/mol. The molecule has 7 nitrogen and oxygen atoms in total. The summed E-state index contributed by atoms with van der Waals surface area (Å²) in [4.78, 5) is 24.2. The maximum Gasteiger partial charge on any atom is 0.266 e. The maximum atomic E-state index is 15.6. The van der Waals surface area contributed by atoms with Gasteiger partial charge in [-0.15, -0.1) is 5.92 Å². The Balaban J connectivity index is 1.59. The van der Waals surface area contributed by atoms with E-state index in [1.54, 1.807) is 38.5 Å². The Morgan fingerprint density at radius 3 is 2.68 bits per heavy atom. The van der Waals surface area contributed by atoms with E-state index in [4.69, 9.17) is 15.2 Å². The first-order chi connectivity index (χ1) is 17.9. The number of fused-ring (bicyclic) bond motifs is 4. The molecule has 0 aliphatic carbocycles. The minimum atomic E-state index is -1.59. The van der Waals surface area contributed by atoms with Gasteiger partial charge >= 0.3 is 0 Å². The van der Waals surface area contributed by atoms with Crippen molar-refractivity contribution in [3.63, 3.8) is 0 Å². The number of guanidine groups is 1. The largest absolute Gasteiger partial charge is 0.453 e. The van der Waals surface area contributed by atoms with Crippen molar-refractivity contribution in [1.29, 1.82) is 0 Å². The Kier molecular flexibility index (Phi) is 5.32. The van der Waals surface area contributed by atoms with Crippen molar-refractivity contribution >= 4 is 17.4 Å². The molecule has 0 radical (unpaired) electrons. The molecule has 0 bridgehead atoms. The topological polar surface area (TPSA) is 90.0 Å². The highest BCUT2D eigenvalue weighted by Gasteiger charge is 2.55. The summed E-state index contributed by atoms with van der Waals surface area (Å²) in [6, 6.07) is 10.5. The summed E-state index contributed by atoms with van der Waals surface area (Å²) < 4.78 is 27.1. The predicted octanol–water partition coefficient (Wildman–Crippen LogP) is 4.20. The third kappa shape index (κ3) is 3.51. The molecular formula is C29H23FN4O3. The van der Waals surface area contributed by atoms with Crippen LogP contribution in [0.15, 0.2) is 59.9 Å². The Morgan fingerprint density at radius 2 is 1.95 bits per heavy atom. The molecule has 4 heterocycles. The van der Waals surface area contributed by atoms with Crippen molar-refractivity contribution in [1.82, 2.24) is 9.88 Å². The van der Waals surface area contributed by atoms with E-state index in [-0.39, 0.29) is 17.6 Å². The highest BCUT2D eigenvalue weighted by molar-refractivity contribution is 6.10. The summed E-state index contributed by atoms with van der Waals surface area (Å²) in [5, 5.41) is 0. The lowest BCUT2D eigenvalue weighted by atomic mass is 9.78. The number of aromatic nitrogens is 1. The summed E-state index contributed by atoms with van der Waals surface area (Å²) in [5.74, 6) is 5.30. The van der Waals surface area contributed by atoms with E-state index < -0.39 is 11.4 Å². The molecule has 0 unspecified atom stereocenters. The molecule has 2 aromatic carbocycles. The van der Waals surface area contributed by atoms with Crippen LogP contribution in [0.25, 0.3) is 16.7 Å². The van der Waals surface area contributed by atoms with Crippen molar-refractivity contribution in [2.24, 2.45) is 10.7 Å². The number of ether oxygens (including phenoxy) is 2. The van der Waals surface area contributed by atoms with Gasteiger partial charge in [-0.2, -0.15) is 0 Å². The highest BCUT2D eigenvalue weighted by Crippen LogP contribution is 2.53. The molecule has 6 rings (SSSR count). The fraction of sp³-hybridized carbons (Fsp3) is 0.207. The zero-order chi connectivity index (χ0) is 25.7. The third-order valence-electron chi connectivity index (χ3n) is 6.93. The molecule has 1 spiro atoms. The number of amides is 1. The Hall–Kier alpha value is -4.48. The van der Waals surface area contributed by atoms with Gasteiger partial charge in [0.15, 0.2) is 17.5 Å². The van der Waals surface area contributed by atoms with Crippen LogP contribution in [0.5, 0.6) is 11.5 Å². The number of carbonyl (C=O) groups is 1. The van der Waals surface area contributed by atoms with Gasteiger partial charge in [0.05, 0.1) is 13.2 Å². The molecule has 0 saturated heterocycles. The molecule has 3 aliphatic heterocycles. The summed E-state index contributed by atoms with van der Waals surface area (Å²) in [5.41, 5.74) is 9.37. The van der Waals surface area contributed by atoms with Crippen molar-refractivity contribution in [3.8, 4) is 34.5 Å². The summed E-state index contributed by atoms with van der Waals surface area (Å²) in [6.07, 6.45) is 5.97. The SMILES string of the molecule is CC#Cc1cncc(-c2ccc3c(c2)[C@@]2(N=C(N)N(C)C2=O)c2cc(C4=CCOCC4)cc(F)c2O3)c1. The molecule has 37 heavy (non-hydrogen) atoms. The van der Waals surface area contributed by atoms with Crippen LogP contribution in [0, 0.1) is 17.7 Å². The van der Waals surface area contributed by atoms with E-state index in [1.165, 1.54) is 11.0 Å². The number of hydrogen-bond donors (Lipinski definition) is 1. The second-order valence-corrected chi connectivity index (χ2v) is 9.08. The first-order valence-corrected chi connectivity index (χ1v) is 11.9. The molecule has 184 valence electrons. The van der Waals surface area contributed by atoms with E-state index in [9.17, 15) is 4.79 Å². The van der Waals surface area contributed by atoms with Crippen LogP contribution in [0.2, 0.25) is 0 Å². The number of likely N-dealkylation sites (N-methyl/N-ethyl adjacent to an activating group) is 1. The first-order valence-electron chi connectivity index (χ1n) is 11.9. The Labute approximate surface area is 213 Å². The molecule has 1 amide bonds. The summed E-state index contributed by atoms with van der Waals surface area (Å²) in [6.45, 7) is 2.75. The average Bonchev–Trinajstić information content (AvgIpc) is 3.14. The van der Waals surface area contributed by atoms with Crippen LogP contribution in [0.4, 0.5) is 4.39 Å². The molecule has 8 heteroatoms. The number of carbonyl (C=O) groups excluding carboxylic acids is 1. The molecule has 0 saturated carbocycles. The second kappa shape index (κ2) is 8.57. The van der Waals surface area contributed by atoms with Gasteiger partial charge in [-0.3, -0.25) is 14.7 Å². The fourth-order valence-corrected chi connectivity index (χ4v) is 5.08. The second-order valence-electron chi connectivity index (χ2n) is 9.08. The van der Waals surface area contributed by atoms with Crippen LogP contribution in [-0.4, -0.2) is 42.0 Å². The van der Waals surface area contributed by atoms with Crippen molar-refractivity contribution in [2.75, 3.05) is 20.3 Å². The Morgan fingerprint density at radius 1 is 1.11 bits per heavy atom.